The Kier molecular flexibility index (Phi) is 5.55. The first-order chi connectivity index (χ1) is 16.7. The number of fused-ring (bicyclic) bond motifs is 5. The van der Waals surface area contributed by atoms with Crippen LogP contribution in [0.2, 0.25) is 0 Å². The Labute approximate surface area is 214 Å². The van der Waals surface area contributed by atoms with Crippen molar-refractivity contribution >= 4 is 29.5 Å². The van der Waals surface area contributed by atoms with Crippen LogP contribution in [0.1, 0.15) is 50.5 Å². The lowest BCUT2D eigenvalue weighted by Crippen LogP contribution is -2.70. The lowest BCUT2D eigenvalue weighted by atomic mass is 9.44. The Balaban J connectivity index is 1.62. The van der Waals surface area contributed by atoms with Crippen molar-refractivity contribution in [3.8, 4) is 0 Å². The van der Waals surface area contributed by atoms with Crippen LogP contribution in [0.15, 0.2) is 42.1 Å². The molecule has 0 radical (unpaired) electrons. The molecule has 0 aromatic carbocycles. The molecule has 4 aliphatic carbocycles. The highest BCUT2D eigenvalue weighted by Gasteiger charge is 2.78. The summed E-state index contributed by atoms with van der Waals surface area (Å²) in [5, 5.41) is 10.8. The molecule has 0 saturated heterocycles. The Morgan fingerprint density at radius 3 is 2.56 bits per heavy atom. The number of thiol groups is 1. The number of aryl methyl sites for hydroxylation is 1. The molecule has 9 atom stereocenters. The summed E-state index contributed by atoms with van der Waals surface area (Å²) < 4.78 is 40.5. The maximum absolute atomic E-state index is 17.3. The van der Waals surface area contributed by atoms with Gasteiger partial charge in [0, 0.05) is 35.9 Å². The van der Waals surface area contributed by atoms with Crippen LogP contribution >= 0.6 is 12.6 Å². The number of alkyl halides is 2. The van der Waals surface area contributed by atoms with E-state index in [9.17, 15) is 19.5 Å². The van der Waals surface area contributed by atoms with E-state index in [-0.39, 0.29) is 30.5 Å². The number of nitrogens with zero attached hydrogens (tertiary/aromatic N) is 1. The molecule has 194 valence electrons. The second kappa shape index (κ2) is 7.87. The molecule has 0 bridgehead atoms. The largest absolute Gasteiger partial charge is 0.444 e. The van der Waals surface area contributed by atoms with Gasteiger partial charge in [-0.25, -0.2) is 13.6 Å². The number of carbonyl (C=O) groups excluding carboxylic acids is 3. The number of hydrogen-bond acceptors (Lipinski definition) is 5. The second-order valence-electron chi connectivity index (χ2n) is 11.4. The van der Waals surface area contributed by atoms with E-state index in [0.717, 1.165) is 6.08 Å². The maximum Gasteiger partial charge on any atom is 0.355 e. The van der Waals surface area contributed by atoms with Gasteiger partial charge in [0.05, 0.1) is 6.10 Å². The number of halogens is 2. The molecule has 9 heteroatoms. The fraction of sp³-hybridized carbons (Fsp3) is 0.593. The standard InChI is InChI=1S/C27H31F2NO5S/c1-14-10-16-17-12-19(28)18-11-15(31)7-8-24(18,2)26(17,29)21(32)13-25(16,3)27(14,23(34)36)35-22(33)20-6-5-9-30(20)4/h5-9,11,14,16-17,19,21,32H,10,12-13H2,1-4H3,(H,34,36)/t14-,16+,17+,19+,21+,24+,25+,26+,27+/m1/s1. The van der Waals surface area contributed by atoms with Crippen molar-refractivity contribution in [3.63, 3.8) is 0 Å². The van der Waals surface area contributed by atoms with Crippen molar-refractivity contribution in [3.05, 3.63) is 47.8 Å². The van der Waals surface area contributed by atoms with Gasteiger partial charge in [-0.05, 0) is 62.0 Å². The summed E-state index contributed by atoms with van der Waals surface area (Å²) in [7, 11) is 1.67. The van der Waals surface area contributed by atoms with E-state index in [1.807, 2.05) is 0 Å². The van der Waals surface area contributed by atoms with E-state index in [4.69, 9.17) is 4.74 Å². The summed E-state index contributed by atoms with van der Waals surface area (Å²) in [6.45, 7) is 5.00. The number of aromatic nitrogens is 1. The minimum atomic E-state index is -2.28. The van der Waals surface area contributed by atoms with Gasteiger partial charge in [0.1, 0.15) is 11.9 Å². The predicted molar refractivity (Wildman–Crippen MR) is 131 cm³/mol. The van der Waals surface area contributed by atoms with Crippen LogP contribution in [0.3, 0.4) is 0 Å². The quantitative estimate of drug-likeness (QED) is 0.467. The molecule has 0 spiro atoms. The van der Waals surface area contributed by atoms with Crippen LogP contribution in [-0.2, 0) is 21.4 Å². The van der Waals surface area contributed by atoms with Crippen molar-refractivity contribution in [2.24, 2.45) is 35.6 Å². The third kappa shape index (κ3) is 2.90. The summed E-state index contributed by atoms with van der Waals surface area (Å²) in [5.74, 6) is -3.25. The third-order valence-electron chi connectivity index (χ3n) is 9.89. The molecule has 0 unspecified atom stereocenters. The number of ether oxygens (including phenoxy) is 1. The SMILES string of the molecule is C[C@@H]1C[C@H]2[C@@H]3C[C@H](F)C4=CC(=O)C=C[C@]4(C)[C@@]3(F)[C@@H](O)C[C@]2(C)[C@@]1(OC(=O)c1cccn1C)C(=O)S. The van der Waals surface area contributed by atoms with Gasteiger partial charge >= 0.3 is 5.97 Å². The predicted octanol–water partition coefficient (Wildman–Crippen LogP) is 3.94. The Hall–Kier alpha value is -2.26. The van der Waals surface area contributed by atoms with Crippen molar-refractivity contribution in [2.45, 2.75) is 63.6 Å². The van der Waals surface area contributed by atoms with Crippen LogP contribution in [0.5, 0.6) is 0 Å². The average molecular weight is 520 g/mol. The first kappa shape index (κ1) is 25.4. The van der Waals surface area contributed by atoms with Gasteiger partial charge in [-0.15, -0.1) is 12.6 Å². The molecule has 3 saturated carbocycles. The number of hydrogen-bond donors (Lipinski definition) is 2. The molecule has 4 aliphatic rings. The van der Waals surface area contributed by atoms with Crippen molar-refractivity contribution in [1.29, 1.82) is 0 Å². The molecular weight excluding hydrogens is 488 g/mol. The van der Waals surface area contributed by atoms with Gasteiger partial charge in [-0.2, -0.15) is 0 Å². The van der Waals surface area contributed by atoms with Crippen molar-refractivity contribution < 1.29 is 33.0 Å². The van der Waals surface area contributed by atoms with Gasteiger partial charge < -0.3 is 14.4 Å². The van der Waals surface area contributed by atoms with Gasteiger partial charge in [0.25, 0.3) is 0 Å². The molecule has 1 heterocycles. The molecule has 1 N–H and O–H groups in total. The second-order valence-corrected chi connectivity index (χ2v) is 11.8. The number of allylic oxidation sites excluding steroid dienone is 4. The monoisotopic (exact) mass is 519 g/mol. The highest BCUT2D eigenvalue weighted by molar-refractivity contribution is 7.96. The fourth-order valence-corrected chi connectivity index (χ4v) is 8.63. The van der Waals surface area contributed by atoms with Crippen LogP contribution in [0, 0.1) is 28.6 Å². The molecular formula is C27H31F2NO5S. The molecule has 5 rings (SSSR count). The van der Waals surface area contributed by atoms with Gasteiger partial charge in [-0.3, -0.25) is 9.59 Å². The lowest BCUT2D eigenvalue weighted by molar-refractivity contribution is -0.221. The van der Waals surface area contributed by atoms with E-state index < -0.39 is 69.0 Å². The summed E-state index contributed by atoms with van der Waals surface area (Å²) in [4.78, 5) is 38.5. The van der Waals surface area contributed by atoms with E-state index in [1.54, 1.807) is 43.8 Å². The third-order valence-corrected chi connectivity index (χ3v) is 10.2. The van der Waals surface area contributed by atoms with Crippen LogP contribution in [0.25, 0.3) is 0 Å². The number of rotatable bonds is 3. The summed E-state index contributed by atoms with van der Waals surface area (Å²) in [6.07, 6.45) is 2.08. The molecule has 36 heavy (non-hydrogen) atoms. The fourth-order valence-electron chi connectivity index (χ4n) is 8.11. The highest BCUT2D eigenvalue weighted by Crippen LogP contribution is 2.71. The molecule has 1 aromatic heterocycles. The maximum atomic E-state index is 17.3. The zero-order valence-corrected chi connectivity index (χ0v) is 21.6. The first-order valence-corrected chi connectivity index (χ1v) is 12.7. The Morgan fingerprint density at radius 1 is 1.25 bits per heavy atom. The normalized spacial score (nSPS) is 45.4. The van der Waals surface area contributed by atoms with E-state index >= 15 is 8.78 Å². The van der Waals surface area contributed by atoms with E-state index in [0.29, 0.717) is 0 Å². The summed E-state index contributed by atoms with van der Waals surface area (Å²) >= 11 is 4.16. The Morgan fingerprint density at radius 2 is 1.94 bits per heavy atom. The van der Waals surface area contributed by atoms with Crippen molar-refractivity contribution in [1.82, 2.24) is 4.57 Å². The first-order valence-electron chi connectivity index (χ1n) is 12.3. The number of carbonyl (C=O) groups is 3. The lowest BCUT2D eigenvalue weighted by Gasteiger charge is -2.63. The van der Waals surface area contributed by atoms with E-state index in [1.165, 1.54) is 19.1 Å². The van der Waals surface area contributed by atoms with Gasteiger partial charge in [-0.1, -0.05) is 19.9 Å². The van der Waals surface area contributed by atoms with Crippen LogP contribution in [0.4, 0.5) is 8.78 Å². The number of ketones is 1. The molecule has 0 amide bonds. The van der Waals surface area contributed by atoms with Crippen molar-refractivity contribution in [2.75, 3.05) is 0 Å². The minimum absolute atomic E-state index is 0.0362. The zero-order chi connectivity index (χ0) is 26.4. The minimum Gasteiger partial charge on any atom is -0.444 e. The topological polar surface area (TPSA) is 85.6 Å². The van der Waals surface area contributed by atoms with Crippen LogP contribution < -0.4 is 0 Å². The van der Waals surface area contributed by atoms with E-state index in [2.05, 4.69) is 12.6 Å². The molecule has 0 aliphatic heterocycles. The summed E-state index contributed by atoms with van der Waals surface area (Å²) in [5.41, 5.74) is -6.47. The number of esters is 1. The highest BCUT2D eigenvalue weighted by atomic mass is 32.1. The van der Waals surface area contributed by atoms with Gasteiger partial charge in [0.15, 0.2) is 17.1 Å². The Bertz CT molecular complexity index is 1230. The smallest absolute Gasteiger partial charge is 0.355 e. The molecule has 6 nitrogen and oxygen atoms in total. The zero-order valence-electron chi connectivity index (χ0n) is 20.7. The van der Waals surface area contributed by atoms with Crippen LogP contribution in [-0.4, -0.2) is 50.1 Å². The molecule has 3 fully saturated rings. The summed E-state index contributed by atoms with van der Waals surface area (Å²) in [6, 6.07) is 3.24. The molecule has 1 aromatic rings. The average Bonchev–Trinajstić information content (AvgIpc) is 3.32. The number of aliphatic hydroxyl groups excluding tert-OH is 1. The number of aliphatic hydroxyl groups is 1. The van der Waals surface area contributed by atoms with Gasteiger partial charge in [0.2, 0.25) is 5.12 Å².